The normalized spacial score (nSPS) is 15.8. The van der Waals surface area contributed by atoms with Crippen LogP contribution in [0.1, 0.15) is 12.7 Å². The number of carboxylic acid groups (broad SMARTS) is 1. The summed E-state index contributed by atoms with van der Waals surface area (Å²) in [6, 6.07) is -0.178. The fraction of sp³-hybridized carbons (Fsp3) is 0.636. The van der Waals surface area contributed by atoms with Crippen molar-refractivity contribution in [2.75, 3.05) is 20.1 Å². The number of carboxylic acids is 1. The summed E-state index contributed by atoms with van der Waals surface area (Å²) >= 11 is 0. The molecule has 1 atom stereocenters. The van der Waals surface area contributed by atoms with Gasteiger partial charge in [-0.15, -0.1) is 10.2 Å². The number of fused-ring (bicyclic) bond motifs is 1. The van der Waals surface area contributed by atoms with Gasteiger partial charge in [-0.2, -0.15) is 0 Å². The Morgan fingerprint density at radius 3 is 2.95 bits per heavy atom. The van der Waals surface area contributed by atoms with E-state index in [1.165, 1.54) is 4.90 Å². The smallest absolute Gasteiger partial charge is 0.320 e. The third-order valence-electron chi connectivity index (χ3n) is 3.21. The van der Waals surface area contributed by atoms with E-state index in [1.54, 1.807) is 25.2 Å². The number of aliphatic carboxylic acids is 1. The Morgan fingerprint density at radius 2 is 2.26 bits per heavy atom. The van der Waals surface area contributed by atoms with Crippen LogP contribution in [0.4, 0.5) is 4.79 Å². The zero-order valence-corrected chi connectivity index (χ0v) is 11.0. The first-order chi connectivity index (χ1) is 8.99. The first-order valence-electron chi connectivity index (χ1n) is 6.08. The maximum Gasteiger partial charge on any atom is 0.320 e. The first-order valence-corrected chi connectivity index (χ1v) is 6.08. The molecule has 0 radical (unpaired) electrons. The summed E-state index contributed by atoms with van der Waals surface area (Å²) in [6.45, 7) is 3.42. The molecule has 1 unspecified atom stereocenters. The molecule has 0 bridgehead atoms. The summed E-state index contributed by atoms with van der Waals surface area (Å²) in [7, 11) is 1.61. The lowest BCUT2D eigenvalue weighted by Crippen LogP contribution is -2.46. The second-order valence-electron chi connectivity index (χ2n) is 4.76. The molecule has 1 aromatic rings. The largest absolute Gasteiger partial charge is 0.481 e. The highest BCUT2D eigenvalue weighted by Crippen LogP contribution is 2.11. The van der Waals surface area contributed by atoms with Crippen LogP contribution in [0.2, 0.25) is 0 Å². The quantitative estimate of drug-likeness (QED) is 0.823. The minimum Gasteiger partial charge on any atom is -0.481 e. The van der Waals surface area contributed by atoms with Gasteiger partial charge in [0.1, 0.15) is 6.33 Å². The summed E-state index contributed by atoms with van der Waals surface area (Å²) in [5.74, 6) is -0.736. The van der Waals surface area contributed by atoms with Crippen LogP contribution in [0, 0.1) is 5.92 Å². The van der Waals surface area contributed by atoms with Crippen molar-refractivity contribution in [3.8, 4) is 0 Å². The van der Waals surface area contributed by atoms with E-state index in [9.17, 15) is 9.59 Å². The number of hydrogen-bond acceptors (Lipinski definition) is 4. The van der Waals surface area contributed by atoms with Crippen molar-refractivity contribution in [2.24, 2.45) is 5.92 Å². The Labute approximate surface area is 110 Å². The molecule has 0 saturated heterocycles. The first kappa shape index (κ1) is 13.3. The van der Waals surface area contributed by atoms with Gasteiger partial charge in [0.25, 0.3) is 0 Å². The van der Waals surface area contributed by atoms with Crippen LogP contribution >= 0.6 is 0 Å². The van der Waals surface area contributed by atoms with E-state index >= 15 is 0 Å². The Morgan fingerprint density at radius 1 is 1.53 bits per heavy atom. The van der Waals surface area contributed by atoms with Gasteiger partial charge in [-0.05, 0) is 0 Å². The highest BCUT2D eigenvalue weighted by molar-refractivity contribution is 5.76. The van der Waals surface area contributed by atoms with E-state index in [0.29, 0.717) is 19.6 Å². The van der Waals surface area contributed by atoms with Crippen LogP contribution in [-0.2, 0) is 17.9 Å². The van der Waals surface area contributed by atoms with Gasteiger partial charge in [0.05, 0.1) is 12.5 Å². The molecule has 19 heavy (non-hydrogen) atoms. The molecular weight excluding hydrogens is 250 g/mol. The molecule has 2 rings (SSSR count). The Balaban J connectivity index is 1.95. The van der Waals surface area contributed by atoms with Crippen molar-refractivity contribution in [3.63, 3.8) is 0 Å². The second kappa shape index (κ2) is 5.25. The van der Waals surface area contributed by atoms with Crippen LogP contribution in [0.3, 0.4) is 0 Å². The highest BCUT2D eigenvalue weighted by atomic mass is 16.4. The van der Waals surface area contributed by atoms with Crippen molar-refractivity contribution in [1.29, 1.82) is 0 Å². The number of carbonyl (C=O) groups is 2. The second-order valence-corrected chi connectivity index (χ2v) is 4.76. The fourth-order valence-electron chi connectivity index (χ4n) is 2.04. The third-order valence-corrected chi connectivity index (χ3v) is 3.21. The predicted octanol–water partition coefficient (Wildman–Crippen LogP) is -0.134. The Hall–Kier alpha value is -2.12. The van der Waals surface area contributed by atoms with E-state index in [0.717, 1.165) is 5.82 Å². The zero-order valence-electron chi connectivity index (χ0n) is 11.0. The molecule has 0 spiro atoms. The van der Waals surface area contributed by atoms with Gasteiger partial charge in [0.2, 0.25) is 0 Å². The molecule has 1 aromatic heterocycles. The topological polar surface area (TPSA) is 91.6 Å². The molecular formula is C11H17N5O3. The average Bonchev–Trinajstić information content (AvgIpc) is 2.84. The van der Waals surface area contributed by atoms with Crippen molar-refractivity contribution in [3.05, 3.63) is 12.2 Å². The minimum atomic E-state index is -0.905. The lowest BCUT2D eigenvalue weighted by atomic mass is 10.2. The summed E-state index contributed by atoms with van der Waals surface area (Å²) in [6.07, 6.45) is 1.65. The SMILES string of the molecule is CC(CN(C)C(=O)N1CCn2cnnc2C1)C(=O)O. The van der Waals surface area contributed by atoms with Gasteiger partial charge in [-0.1, -0.05) is 6.92 Å². The van der Waals surface area contributed by atoms with Crippen molar-refractivity contribution < 1.29 is 14.7 Å². The molecule has 0 aliphatic carbocycles. The van der Waals surface area contributed by atoms with Crippen molar-refractivity contribution in [1.82, 2.24) is 24.6 Å². The molecule has 8 nitrogen and oxygen atoms in total. The van der Waals surface area contributed by atoms with Crippen LogP contribution < -0.4 is 0 Å². The third kappa shape index (κ3) is 2.83. The van der Waals surface area contributed by atoms with Gasteiger partial charge < -0.3 is 19.5 Å². The number of urea groups is 1. The van der Waals surface area contributed by atoms with Crippen LogP contribution in [0.25, 0.3) is 0 Å². The van der Waals surface area contributed by atoms with Gasteiger partial charge in [0, 0.05) is 26.7 Å². The van der Waals surface area contributed by atoms with Gasteiger partial charge in [-0.3, -0.25) is 4.79 Å². The molecule has 2 amide bonds. The lowest BCUT2D eigenvalue weighted by Gasteiger charge is -2.31. The Kier molecular flexibility index (Phi) is 3.68. The van der Waals surface area contributed by atoms with Crippen molar-refractivity contribution in [2.45, 2.75) is 20.0 Å². The molecule has 1 N–H and O–H groups in total. The van der Waals surface area contributed by atoms with E-state index in [2.05, 4.69) is 10.2 Å². The number of amides is 2. The van der Waals surface area contributed by atoms with Gasteiger partial charge >= 0.3 is 12.0 Å². The molecule has 104 valence electrons. The predicted molar refractivity (Wildman–Crippen MR) is 65.3 cm³/mol. The molecule has 0 saturated carbocycles. The Bertz CT molecular complexity index is 486. The minimum absolute atomic E-state index is 0.178. The molecule has 0 aromatic carbocycles. The molecule has 1 aliphatic rings. The maximum atomic E-state index is 12.2. The van der Waals surface area contributed by atoms with E-state index in [1.807, 2.05) is 4.57 Å². The molecule has 8 heteroatoms. The summed E-state index contributed by atoms with van der Waals surface area (Å²) < 4.78 is 1.91. The average molecular weight is 267 g/mol. The zero-order chi connectivity index (χ0) is 14.0. The lowest BCUT2D eigenvalue weighted by molar-refractivity contribution is -0.141. The van der Waals surface area contributed by atoms with E-state index < -0.39 is 11.9 Å². The van der Waals surface area contributed by atoms with E-state index in [-0.39, 0.29) is 12.6 Å². The molecule has 0 fully saturated rings. The maximum absolute atomic E-state index is 12.2. The molecule has 2 heterocycles. The van der Waals surface area contributed by atoms with Crippen LogP contribution in [0.5, 0.6) is 0 Å². The van der Waals surface area contributed by atoms with Gasteiger partial charge in [0.15, 0.2) is 5.82 Å². The summed E-state index contributed by atoms with van der Waals surface area (Å²) in [5.41, 5.74) is 0. The number of aromatic nitrogens is 3. The standard InChI is InChI=1S/C11H17N5O3/c1-8(10(17)18)5-14(2)11(19)15-3-4-16-7-12-13-9(16)6-15/h7-8H,3-6H2,1-2H3,(H,17,18). The summed E-state index contributed by atoms with van der Waals surface area (Å²) in [4.78, 5) is 26.1. The number of nitrogens with zero attached hydrogens (tertiary/aromatic N) is 5. The van der Waals surface area contributed by atoms with Crippen molar-refractivity contribution >= 4 is 12.0 Å². The number of carbonyl (C=O) groups excluding carboxylic acids is 1. The monoisotopic (exact) mass is 267 g/mol. The van der Waals surface area contributed by atoms with Gasteiger partial charge in [-0.25, -0.2) is 4.79 Å². The highest BCUT2D eigenvalue weighted by Gasteiger charge is 2.26. The number of hydrogen-bond donors (Lipinski definition) is 1. The van der Waals surface area contributed by atoms with Crippen LogP contribution in [0.15, 0.2) is 6.33 Å². The summed E-state index contributed by atoms with van der Waals surface area (Å²) in [5, 5.41) is 16.6. The van der Waals surface area contributed by atoms with Crippen LogP contribution in [-0.4, -0.2) is 61.8 Å². The van der Waals surface area contributed by atoms with E-state index in [4.69, 9.17) is 5.11 Å². The molecule has 1 aliphatic heterocycles. The fourth-order valence-corrected chi connectivity index (χ4v) is 2.04. The number of rotatable bonds is 3.